The van der Waals surface area contributed by atoms with Crippen molar-refractivity contribution in [2.75, 3.05) is 10.6 Å². The fraction of sp³-hybridized carbons (Fsp3) is 0.268. The van der Waals surface area contributed by atoms with Crippen LogP contribution >= 0.6 is 0 Å². The Bertz CT molecular complexity index is 2290. The lowest BCUT2D eigenvalue weighted by molar-refractivity contribution is -0.143. The highest BCUT2D eigenvalue weighted by Gasteiger charge is 2.38. The normalized spacial score (nSPS) is 18.3. The van der Waals surface area contributed by atoms with Crippen molar-refractivity contribution >= 4 is 32.9 Å². The van der Waals surface area contributed by atoms with E-state index in [2.05, 4.69) is 76.2 Å². The quantitative estimate of drug-likeness (QED) is 0.133. The molecule has 1 aliphatic heterocycles. The van der Waals surface area contributed by atoms with Crippen LogP contribution in [0.4, 0.5) is 37.7 Å². The molecule has 0 aromatic heterocycles. The van der Waals surface area contributed by atoms with Gasteiger partial charge in [0.1, 0.15) is 11.4 Å². The molecule has 8 rings (SSSR count). The molecule has 266 valence electrons. The minimum absolute atomic E-state index is 0.0116. The summed E-state index contributed by atoms with van der Waals surface area (Å²) in [6, 6.07) is 26.4. The zero-order valence-electron chi connectivity index (χ0n) is 27.8. The van der Waals surface area contributed by atoms with Gasteiger partial charge in [-0.25, -0.2) is 0 Å². The van der Waals surface area contributed by atoms with Crippen molar-refractivity contribution in [2.24, 2.45) is 0 Å². The second kappa shape index (κ2) is 12.8. The van der Waals surface area contributed by atoms with Gasteiger partial charge in [0.2, 0.25) is 0 Å². The van der Waals surface area contributed by atoms with E-state index in [-0.39, 0.29) is 35.1 Å². The monoisotopic (exact) mass is 713 g/mol. The van der Waals surface area contributed by atoms with Crippen LogP contribution in [0.25, 0.3) is 32.7 Å². The van der Waals surface area contributed by atoms with E-state index in [4.69, 9.17) is 0 Å². The fourth-order valence-corrected chi connectivity index (χ4v) is 8.13. The summed E-state index contributed by atoms with van der Waals surface area (Å²) >= 11 is 0. The van der Waals surface area contributed by atoms with E-state index in [0.29, 0.717) is 31.6 Å². The number of nitrogens with zero attached hydrogens (tertiary/aromatic N) is 1. The summed E-state index contributed by atoms with van der Waals surface area (Å²) in [4.78, 5) is 28.1. The molecule has 1 heterocycles. The van der Waals surface area contributed by atoms with Crippen molar-refractivity contribution in [1.82, 2.24) is 4.90 Å². The summed E-state index contributed by atoms with van der Waals surface area (Å²) < 4.78 is 80.7. The van der Waals surface area contributed by atoms with Gasteiger partial charge >= 0.3 is 12.4 Å². The molecule has 0 amide bonds. The van der Waals surface area contributed by atoms with Gasteiger partial charge in [-0.05, 0) is 80.4 Å². The van der Waals surface area contributed by atoms with Crippen molar-refractivity contribution in [2.45, 2.75) is 69.8 Å². The molecular formula is C41H33F6N3O2. The summed E-state index contributed by atoms with van der Waals surface area (Å²) in [7, 11) is 0. The van der Waals surface area contributed by atoms with E-state index in [9.17, 15) is 35.9 Å². The van der Waals surface area contributed by atoms with E-state index < -0.39 is 40.9 Å². The molecule has 2 aliphatic rings. The summed E-state index contributed by atoms with van der Waals surface area (Å²) in [5, 5.41) is 10.6. The number of alkyl halides is 6. The molecule has 0 bridgehead atoms. The molecular weight excluding hydrogens is 680 g/mol. The second-order valence-corrected chi connectivity index (χ2v) is 13.8. The third-order valence-corrected chi connectivity index (χ3v) is 10.6. The minimum Gasteiger partial charge on any atom is -0.376 e. The molecule has 1 aliphatic carbocycles. The van der Waals surface area contributed by atoms with E-state index in [1.165, 1.54) is 33.0 Å². The molecule has 6 aromatic carbocycles. The maximum atomic E-state index is 13.5. The van der Waals surface area contributed by atoms with Crippen LogP contribution in [0, 0.1) is 0 Å². The van der Waals surface area contributed by atoms with Gasteiger partial charge in [-0.1, -0.05) is 85.6 Å². The average Bonchev–Trinajstić information content (AvgIpc) is 3.31. The van der Waals surface area contributed by atoms with Gasteiger partial charge in [0, 0.05) is 31.7 Å². The topological polar surface area (TPSA) is 61.4 Å². The zero-order valence-corrected chi connectivity index (χ0v) is 27.8. The van der Waals surface area contributed by atoms with Crippen molar-refractivity contribution in [3.8, 4) is 11.1 Å². The first-order valence-corrected chi connectivity index (χ1v) is 17.2. The molecule has 0 saturated heterocycles. The number of nitrogens with one attached hydrogen (secondary N) is 2. The van der Waals surface area contributed by atoms with E-state index >= 15 is 0 Å². The summed E-state index contributed by atoms with van der Waals surface area (Å²) in [6.07, 6.45) is -6.64. The molecule has 5 nitrogen and oxygen atoms in total. The van der Waals surface area contributed by atoms with Crippen LogP contribution in [0.1, 0.15) is 53.5 Å². The number of hydrogen-bond acceptors (Lipinski definition) is 5. The van der Waals surface area contributed by atoms with Gasteiger partial charge in [-0.15, -0.1) is 0 Å². The van der Waals surface area contributed by atoms with Crippen LogP contribution in [0.2, 0.25) is 0 Å². The van der Waals surface area contributed by atoms with Gasteiger partial charge in [0.15, 0.2) is 0 Å². The Labute approximate surface area is 294 Å². The number of rotatable bonds is 6. The molecule has 2 N–H and O–H groups in total. The highest BCUT2D eigenvalue weighted by atomic mass is 19.4. The predicted molar refractivity (Wildman–Crippen MR) is 191 cm³/mol. The Morgan fingerprint density at radius 3 is 1.71 bits per heavy atom. The van der Waals surface area contributed by atoms with Crippen LogP contribution in [0.15, 0.2) is 101 Å². The van der Waals surface area contributed by atoms with Gasteiger partial charge in [0.25, 0.3) is 10.9 Å². The zero-order chi connectivity index (χ0) is 36.4. The first kappa shape index (κ1) is 34.0. The number of benzene rings is 5. The average molecular weight is 714 g/mol. The lowest BCUT2D eigenvalue weighted by Gasteiger charge is -2.41. The third kappa shape index (κ3) is 6.10. The standard InChI is InChI=1S/C41H33F6N3O2/c42-40(43,44)28-17-23(18-29(19-28)41(45,46)47)20-48-36-37(39(52)38(36)51)49-32-11-5-6-12-33(32)50-21-26-15-13-24-7-1-3-9-30(24)34(26)35-27(22-50)16-14-25-8-2-4-10-31(25)35/h1-4,7-10,13-19,32-33,48-49H,5-6,11-12,20-22H2/t32-,33-/m0/s1. The van der Waals surface area contributed by atoms with Gasteiger partial charge in [0.05, 0.1) is 11.1 Å². The molecule has 1 saturated carbocycles. The smallest absolute Gasteiger partial charge is 0.376 e. The maximum absolute atomic E-state index is 13.5. The predicted octanol–water partition coefficient (Wildman–Crippen LogP) is 9.64. The lowest BCUT2D eigenvalue weighted by Crippen LogP contribution is -2.50. The Balaban J connectivity index is 1.11. The largest absolute Gasteiger partial charge is 0.416 e. The highest BCUT2D eigenvalue weighted by Crippen LogP contribution is 2.44. The molecule has 11 heteroatoms. The fourth-order valence-electron chi connectivity index (χ4n) is 8.13. The van der Waals surface area contributed by atoms with Gasteiger partial charge < -0.3 is 10.6 Å². The molecule has 52 heavy (non-hydrogen) atoms. The maximum Gasteiger partial charge on any atom is 0.416 e. The summed E-state index contributed by atoms with van der Waals surface area (Å²) in [5.41, 5.74) is -0.229. The number of fused-ring (bicyclic) bond motifs is 7. The summed E-state index contributed by atoms with van der Waals surface area (Å²) in [5.74, 6) is 0. The molecule has 6 aromatic rings. The first-order chi connectivity index (χ1) is 24.9. The minimum atomic E-state index is -5.01. The van der Waals surface area contributed by atoms with Crippen LogP contribution in [-0.2, 0) is 32.0 Å². The molecule has 1 fully saturated rings. The Hall–Kier alpha value is -5.16. The van der Waals surface area contributed by atoms with Crippen LogP contribution in [0.3, 0.4) is 0 Å². The SMILES string of the molecule is O=c1c(NCc2cc(C(F)(F)F)cc(C(F)(F)F)c2)c(N[C@H]2CCCC[C@@H]2N2Cc3ccc4ccccc4c3-c3c(ccc4ccccc34)C2)c1=O. The number of halogens is 6. The number of hydrogen-bond donors (Lipinski definition) is 2. The molecule has 2 atom stereocenters. The molecule has 0 spiro atoms. The Kier molecular flexibility index (Phi) is 8.36. The van der Waals surface area contributed by atoms with E-state index in [0.717, 1.165) is 30.0 Å². The van der Waals surface area contributed by atoms with Crippen LogP contribution in [-0.4, -0.2) is 17.0 Å². The second-order valence-electron chi connectivity index (χ2n) is 13.8. The van der Waals surface area contributed by atoms with Crippen molar-refractivity contribution in [3.63, 3.8) is 0 Å². The first-order valence-electron chi connectivity index (χ1n) is 17.2. The van der Waals surface area contributed by atoms with E-state index in [1.54, 1.807) is 0 Å². The van der Waals surface area contributed by atoms with Crippen LogP contribution < -0.4 is 21.5 Å². The number of anilines is 2. The highest BCUT2D eigenvalue weighted by molar-refractivity contribution is 6.08. The summed E-state index contributed by atoms with van der Waals surface area (Å²) in [6.45, 7) is 0.766. The van der Waals surface area contributed by atoms with Crippen molar-refractivity contribution in [3.05, 3.63) is 139 Å². The lowest BCUT2D eigenvalue weighted by atomic mass is 9.88. The van der Waals surface area contributed by atoms with Gasteiger partial charge in [-0.3, -0.25) is 14.5 Å². The van der Waals surface area contributed by atoms with Crippen molar-refractivity contribution in [1.29, 1.82) is 0 Å². The molecule has 0 radical (unpaired) electrons. The van der Waals surface area contributed by atoms with Crippen LogP contribution in [0.5, 0.6) is 0 Å². The van der Waals surface area contributed by atoms with E-state index in [1.807, 2.05) is 12.1 Å². The van der Waals surface area contributed by atoms with Gasteiger partial charge in [-0.2, -0.15) is 26.3 Å². The van der Waals surface area contributed by atoms with Crippen molar-refractivity contribution < 1.29 is 26.3 Å². The molecule has 0 unspecified atom stereocenters. The Morgan fingerprint density at radius 1 is 0.635 bits per heavy atom. The third-order valence-electron chi connectivity index (χ3n) is 10.6. The Morgan fingerprint density at radius 2 is 1.15 bits per heavy atom.